The van der Waals surface area contributed by atoms with Crippen molar-refractivity contribution in [2.75, 3.05) is 31.2 Å². The van der Waals surface area contributed by atoms with E-state index < -0.39 is 22.6 Å². The molecule has 3 aliphatic heterocycles. The number of carbonyl (C=O) groups excluding carboxylic acids is 3. The number of likely N-dealkylation sites (tertiary alicyclic amines) is 1. The van der Waals surface area contributed by atoms with Crippen LogP contribution in [-0.4, -0.2) is 70.1 Å². The molecule has 0 radical (unpaired) electrons. The highest BCUT2D eigenvalue weighted by atomic mass is 32.2. The maximum absolute atomic E-state index is 14.7. The lowest BCUT2D eigenvalue weighted by Gasteiger charge is -2.40. The minimum absolute atomic E-state index is 0.0504. The van der Waals surface area contributed by atoms with Gasteiger partial charge in [0, 0.05) is 30.6 Å². The Kier molecular flexibility index (Phi) is 9.27. The minimum atomic E-state index is -0.699. The number of fused-ring (bicyclic) bond motifs is 1. The van der Waals surface area contributed by atoms with Crippen LogP contribution in [0.15, 0.2) is 43.5 Å². The van der Waals surface area contributed by atoms with E-state index in [1.807, 2.05) is 32.0 Å². The summed E-state index contributed by atoms with van der Waals surface area (Å²) in [5, 5.41) is 9.23. The third-order valence-corrected chi connectivity index (χ3v) is 10.7. The van der Waals surface area contributed by atoms with Crippen molar-refractivity contribution >= 4 is 35.2 Å². The van der Waals surface area contributed by atoms with Crippen molar-refractivity contribution in [3.63, 3.8) is 0 Å². The van der Waals surface area contributed by atoms with Crippen LogP contribution in [0, 0.1) is 31.6 Å². The molecular weight excluding hydrogens is 512 g/mol. The summed E-state index contributed by atoms with van der Waals surface area (Å²) in [4.78, 5) is 45.8. The maximum Gasteiger partial charge on any atom is 0.310 e. The van der Waals surface area contributed by atoms with E-state index in [2.05, 4.69) is 20.1 Å². The molecule has 1 spiro atoms. The van der Waals surface area contributed by atoms with Gasteiger partial charge in [-0.3, -0.25) is 14.4 Å². The molecule has 3 unspecified atom stereocenters. The van der Waals surface area contributed by atoms with E-state index in [0.717, 1.165) is 29.7 Å². The van der Waals surface area contributed by atoms with Gasteiger partial charge in [-0.25, -0.2) is 0 Å². The molecule has 0 aliphatic carbocycles. The Labute approximate surface area is 236 Å². The lowest BCUT2D eigenvalue weighted by molar-refractivity contribution is -0.154. The van der Waals surface area contributed by atoms with E-state index in [9.17, 15) is 19.5 Å². The van der Waals surface area contributed by atoms with Crippen LogP contribution in [0.1, 0.15) is 50.2 Å². The van der Waals surface area contributed by atoms with Crippen molar-refractivity contribution in [3.05, 3.63) is 54.6 Å². The summed E-state index contributed by atoms with van der Waals surface area (Å²) in [5.41, 5.74) is 2.84. The lowest BCUT2D eigenvalue weighted by atomic mass is 9.66. The average molecular weight is 555 g/mol. The molecule has 6 atom stereocenters. The number of esters is 1. The topological polar surface area (TPSA) is 87.2 Å². The smallest absolute Gasteiger partial charge is 0.310 e. The first-order valence-electron chi connectivity index (χ1n) is 14.1. The number of amides is 2. The molecule has 212 valence electrons. The number of hydrogen-bond acceptors (Lipinski definition) is 6. The second kappa shape index (κ2) is 12.3. The van der Waals surface area contributed by atoms with Crippen LogP contribution < -0.4 is 4.90 Å². The van der Waals surface area contributed by atoms with Gasteiger partial charge in [-0.15, -0.1) is 24.9 Å². The zero-order valence-electron chi connectivity index (χ0n) is 23.4. The molecule has 2 bridgehead atoms. The van der Waals surface area contributed by atoms with Crippen LogP contribution >= 0.6 is 11.8 Å². The fourth-order valence-electron chi connectivity index (χ4n) is 6.81. The summed E-state index contributed by atoms with van der Waals surface area (Å²) in [6.07, 6.45) is 6.83. The van der Waals surface area contributed by atoms with Gasteiger partial charge in [0.2, 0.25) is 5.91 Å². The van der Waals surface area contributed by atoms with Crippen molar-refractivity contribution in [1.29, 1.82) is 0 Å². The first-order valence-corrected chi connectivity index (χ1v) is 15.0. The molecule has 1 aromatic rings. The van der Waals surface area contributed by atoms with Gasteiger partial charge >= 0.3 is 5.97 Å². The second-order valence-corrected chi connectivity index (χ2v) is 12.7. The molecule has 3 heterocycles. The Bertz CT molecular complexity index is 1120. The van der Waals surface area contributed by atoms with Gasteiger partial charge in [-0.2, -0.15) is 0 Å². The zero-order chi connectivity index (χ0) is 28.3. The van der Waals surface area contributed by atoms with Crippen LogP contribution in [0.3, 0.4) is 0 Å². The average Bonchev–Trinajstić information content (AvgIpc) is 3.50. The number of aryl methyl sites for hydroxylation is 2. The number of benzene rings is 1. The quantitative estimate of drug-likeness (QED) is 0.220. The molecule has 7 nitrogen and oxygen atoms in total. The molecule has 4 rings (SSSR count). The monoisotopic (exact) mass is 554 g/mol. The van der Waals surface area contributed by atoms with Crippen molar-refractivity contribution in [3.8, 4) is 0 Å². The van der Waals surface area contributed by atoms with E-state index >= 15 is 0 Å². The predicted octanol–water partition coefficient (Wildman–Crippen LogP) is 4.44. The number of carbonyl (C=O) groups is 3. The van der Waals surface area contributed by atoms with Crippen LogP contribution in [-0.2, 0) is 19.1 Å². The van der Waals surface area contributed by atoms with Gasteiger partial charge in [0.15, 0.2) is 0 Å². The molecule has 1 aromatic carbocycles. The van der Waals surface area contributed by atoms with E-state index in [0.29, 0.717) is 32.4 Å². The Morgan fingerprint density at radius 1 is 1.23 bits per heavy atom. The molecular formula is C31H42N2O5S. The molecule has 0 aromatic heterocycles. The van der Waals surface area contributed by atoms with E-state index in [1.165, 1.54) is 0 Å². The van der Waals surface area contributed by atoms with Gasteiger partial charge in [0.05, 0.1) is 23.2 Å². The summed E-state index contributed by atoms with van der Waals surface area (Å²) >= 11 is 1.66. The summed E-state index contributed by atoms with van der Waals surface area (Å²) in [7, 11) is 0. The van der Waals surface area contributed by atoms with Crippen LogP contribution in [0.4, 0.5) is 5.69 Å². The van der Waals surface area contributed by atoms with Crippen molar-refractivity contribution < 1.29 is 24.2 Å². The van der Waals surface area contributed by atoms with Crippen LogP contribution in [0.5, 0.6) is 0 Å². The molecule has 8 heteroatoms. The van der Waals surface area contributed by atoms with Crippen molar-refractivity contribution in [2.45, 2.75) is 68.9 Å². The third kappa shape index (κ3) is 5.18. The Hall–Kier alpha value is -2.58. The van der Waals surface area contributed by atoms with Gasteiger partial charge in [-0.1, -0.05) is 31.2 Å². The largest absolute Gasteiger partial charge is 0.465 e. The Morgan fingerprint density at radius 3 is 2.69 bits per heavy atom. The summed E-state index contributed by atoms with van der Waals surface area (Å²) in [5.74, 6) is -1.66. The fourth-order valence-corrected chi connectivity index (χ4v) is 9.22. The summed E-state index contributed by atoms with van der Waals surface area (Å²) in [6, 6.07) is 5.35. The minimum Gasteiger partial charge on any atom is -0.465 e. The molecule has 3 fully saturated rings. The number of thioether (sulfide) groups is 1. The van der Waals surface area contributed by atoms with Crippen LogP contribution in [0.25, 0.3) is 0 Å². The van der Waals surface area contributed by atoms with Gasteiger partial charge < -0.3 is 19.6 Å². The number of rotatable bonds is 13. The summed E-state index contributed by atoms with van der Waals surface area (Å²) in [6.45, 7) is 14.8. The lowest BCUT2D eigenvalue weighted by Crippen LogP contribution is -2.57. The number of aliphatic hydroxyl groups is 1. The molecule has 2 amide bonds. The van der Waals surface area contributed by atoms with Gasteiger partial charge in [-0.05, 0) is 69.1 Å². The highest BCUT2D eigenvalue weighted by Gasteiger charge is 2.76. The number of anilines is 1. The standard InChI is InChI=1S/C31H42N2O5S/c1-6-8-17-38-30(37)25-24-19-22(5)31(39-24)26(25)28(35)33(15-10-9-11-16-34)27(31)29(36)32(14-7-2)23-18-20(3)12-13-21(23)4/h6-7,12-13,18,22,24-27,34H,1-2,8-11,14-17,19H2,3-5H3/t22?,24-,25+,26-,27?,31?/m0/s1. The Balaban J connectivity index is 1.76. The second-order valence-electron chi connectivity index (χ2n) is 11.1. The number of unbranched alkanes of at least 4 members (excludes halogenated alkanes) is 2. The van der Waals surface area contributed by atoms with Gasteiger partial charge in [0.25, 0.3) is 5.91 Å². The normalized spacial score (nSPS) is 28.9. The van der Waals surface area contributed by atoms with Gasteiger partial charge in [0.1, 0.15) is 6.04 Å². The van der Waals surface area contributed by atoms with Crippen LogP contribution in [0.2, 0.25) is 0 Å². The van der Waals surface area contributed by atoms with Crippen molar-refractivity contribution in [2.24, 2.45) is 17.8 Å². The first kappa shape index (κ1) is 29.4. The number of nitrogens with zero attached hydrogens (tertiary/aromatic N) is 2. The maximum atomic E-state index is 14.7. The molecule has 0 saturated carbocycles. The molecule has 1 N–H and O–H groups in total. The third-order valence-electron chi connectivity index (χ3n) is 8.61. The van der Waals surface area contributed by atoms with Crippen molar-refractivity contribution in [1.82, 2.24) is 4.90 Å². The van der Waals surface area contributed by atoms with E-state index in [-0.39, 0.29) is 42.2 Å². The number of aliphatic hydroxyl groups excluding tert-OH is 1. The van der Waals surface area contributed by atoms with E-state index in [1.54, 1.807) is 33.7 Å². The highest BCUT2D eigenvalue weighted by Crippen LogP contribution is 2.68. The fraction of sp³-hybridized carbons (Fsp3) is 0.581. The number of ether oxygens (including phenoxy) is 1. The number of hydrogen-bond donors (Lipinski definition) is 1. The molecule has 39 heavy (non-hydrogen) atoms. The summed E-state index contributed by atoms with van der Waals surface area (Å²) < 4.78 is 4.91. The van der Waals surface area contributed by atoms with E-state index in [4.69, 9.17) is 4.74 Å². The zero-order valence-corrected chi connectivity index (χ0v) is 24.3. The predicted molar refractivity (Wildman–Crippen MR) is 156 cm³/mol. The highest BCUT2D eigenvalue weighted by molar-refractivity contribution is 8.02. The molecule has 3 aliphatic rings. The first-order chi connectivity index (χ1) is 18.7. The SMILES string of the molecule is C=CCCOC(=O)[C@@H]1[C@@H]2CC(C)C3(S2)C(C(=O)N(CC=C)c2cc(C)ccc2C)N(CCCCCO)C(=O)[C@H]13. The Morgan fingerprint density at radius 2 is 2.00 bits per heavy atom. The molecule has 3 saturated heterocycles.